The third kappa shape index (κ3) is 4.89. The van der Waals surface area contributed by atoms with E-state index in [0.29, 0.717) is 10.7 Å². The Labute approximate surface area is 172 Å². The molecule has 6 nitrogen and oxygen atoms in total. The quantitative estimate of drug-likeness (QED) is 0.600. The monoisotopic (exact) mass is 435 g/mol. The maximum Gasteiger partial charge on any atom is 0.263 e. The number of aromatic nitrogens is 1. The summed E-state index contributed by atoms with van der Waals surface area (Å²) in [6.07, 6.45) is 0.0482. The largest absolute Gasteiger partial charge is 0.325 e. The molecule has 2 aromatic carbocycles. The van der Waals surface area contributed by atoms with Crippen molar-refractivity contribution in [2.45, 2.75) is 25.2 Å². The molecule has 0 atom stereocenters. The SMILES string of the molecule is Cc1cccc(NC(=O)Cc2csc(NS(=O)(=O)c3ccc(Cl)cc3)n2)c1C. The molecular weight excluding hydrogens is 418 g/mol. The van der Waals surface area contributed by atoms with Gasteiger partial charge in [-0.1, -0.05) is 23.7 Å². The van der Waals surface area contributed by atoms with Crippen molar-refractivity contribution in [3.8, 4) is 0 Å². The van der Waals surface area contributed by atoms with Crippen molar-refractivity contribution < 1.29 is 13.2 Å². The fourth-order valence-corrected chi connectivity index (χ4v) is 4.56. The van der Waals surface area contributed by atoms with Crippen LogP contribution in [0.5, 0.6) is 0 Å². The number of carbonyl (C=O) groups is 1. The van der Waals surface area contributed by atoms with Crippen molar-refractivity contribution >= 4 is 49.7 Å². The van der Waals surface area contributed by atoms with Gasteiger partial charge in [0.25, 0.3) is 10.0 Å². The zero-order valence-corrected chi connectivity index (χ0v) is 17.6. The van der Waals surface area contributed by atoms with E-state index in [4.69, 9.17) is 11.6 Å². The van der Waals surface area contributed by atoms with Gasteiger partial charge in [-0.2, -0.15) is 0 Å². The Morgan fingerprint density at radius 1 is 1.14 bits per heavy atom. The molecule has 0 spiro atoms. The third-order valence-electron chi connectivity index (χ3n) is 4.12. The number of carbonyl (C=O) groups excluding carboxylic acids is 1. The van der Waals surface area contributed by atoms with Gasteiger partial charge in [0.1, 0.15) is 0 Å². The van der Waals surface area contributed by atoms with E-state index in [1.165, 1.54) is 24.3 Å². The number of rotatable bonds is 6. The van der Waals surface area contributed by atoms with Crippen LogP contribution >= 0.6 is 22.9 Å². The molecule has 0 aliphatic rings. The number of amides is 1. The van der Waals surface area contributed by atoms with E-state index in [1.54, 1.807) is 5.38 Å². The van der Waals surface area contributed by atoms with Crippen LogP contribution in [-0.2, 0) is 21.2 Å². The lowest BCUT2D eigenvalue weighted by atomic mass is 10.1. The number of nitrogens with zero attached hydrogens (tertiary/aromatic N) is 1. The van der Waals surface area contributed by atoms with Crippen LogP contribution < -0.4 is 10.0 Å². The predicted octanol–water partition coefficient (Wildman–Crippen LogP) is 4.40. The van der Waals surface area contributed by atoms with E-state index in [9.17, 15) is 13.2 Å². The lowest BCUT2D eigenvalue weighted by Crippen LogP contribution is -2.16. The molecule has 0 saturated heterocycles. The molecule has 0 aliphatic carbocycles. The number of aryl methyl sites for hydroxylation is 1. The zero-order chi connectivity index (χ0) is 20.3. The first-order valence-corrected chi connectivity index (χ1v) is 11.1. The fraction of sp³-hybridized carbons (Fsp3) is 0.158. The van der Waals surface area contributed by atoms with Crippen LogP contribution in [0.15, 0.2) is 52.7 Å². The second-order valence-electron chi connectivity index (χ2n) is 6.18. The molecule has 2 N–H and O–H groups in total. The van der Waals surface area contributed by atoms with Crippen molar-refractivity contribution in [1.82, 2.24) is 4.98 Å². The third-order valence-corrected chi connectivity index (χ3v) is 6.66. The minimum Gasteiger partial charge on any atom is -0.325 e. The molecule has 0 radical (unpaired) electrons. The maximum absolute atomic E-state index is 12.4. The lowest BCUT2D eigenvalue weighted by Gasteiger charge is -2.09. The van der Waals surface area contributed by atoms with Crippen LogP contribution in [0.1, 0.15) is 16.8 Å². The number of hydrogen-bond acceptors (Lipinski definition) is 5. The first kappa shape index (κ1) is 20.3. The number of halogens is 1. The van der Waals surface area contributed by atoms with E-state index in [-0.39, 0.29) is 22.4 Å². The molecule has 1 amide bonds. The Bertz CT molecular complexity index is 1110. The van der Waals surface area contributed by atoms with Gasteiger partial charge in [0.2, 0.25) is 5.91 Å². The topological polar surface area (TPSA) is 88.2 Å². The van der Waals surface area contributed by atoms with Crippen LogP contribution in [0.2, 0.25) is 5.02 Å². The summed E-state index contributed by atoms with van der Waals surface area (Å²) < 4.78 is 27.2. The van der Waals surface area contributed by atoms with Gasteiger partial charge in [0.05, 0.1) is 17.0 Å². The number of benzene rings is 2. The molecule has 0 bridgehead atoms. The Balaban J connectivity index is 1.66. The Morgan fingerprint density at radius 2 is 1.86 bits per heavy atom. The summed E-state index contributed by atoms with van der Waals surface area (Å²) >= 11 is 6.91. The molecule has 0 aliphatic heterocycles. The van der Waals surface area contributed by atoms with Gasteiger partial charge >= 0.3 is 0 Å². The van der Waals surface area contributed by atoms with Gasteiger partial charge in [-0.15, -0.1) is 11.3 Å². The van der Waals surface area contributed by atoms with Crippen molar-refractivity contribution in [2.75, 3.05) is 10.0 Å². The molecule has 146 valence electrons. The Hall–Kier alpha value is -2.42. The van der Waals surface area contributed by atoms with Crippen LogP contribution in [0, 0.1) is 13.8 Å². The Kier molecular flexibility index (Phi) is 6.02. The predicted molar refractivity (Wildman–Crippen MR) is 113 cm³/mol. The molecule has 3 rings (SSSR count). The molecule has 0 unspecified atom stereocenters. The average Bonchev–Trinajstić information content (AvgIpc) is 3.05. The summed E-state index contributed by atoms with van der Waals surface area (Å²) in [6, 6.07) is 11.5. The molecule has 0 fully saturated rings. The lowest BCUT2D eigenvalue weighted by molar-refractivity contribution is -0.115. The number of thiazole rings is 1. The highest BCUT2D eigenvalue weighted by molar-refractivity contribution is 7.93. The van der Waals surface area contributed by atoms with Crippen molar-refractivity contribution in [3.05, 3.63) is 69.7 Å². The van der Waals surface area contributed by atoms with Gasteiger partial charge in [0.15, 0.2) is 5.13 Å². The summed E-state index contributed by atoms with van der Waals surface area (Å²) in [5.74, 6) is -0.217. The van der Waals surface area contributed by atoms with E-state index in [1.807, 2.05) is 32.0 Å². The molecule has 1 aromatic heterocycles. The van der Waals surface area contributed by atoms with Gasteiger partial charge in [-0.05, 0) is 55.3 Å². The molecule has 9 heteroatoms. The highest BCUT2D eigenvalue weighted by atomic mass is 35.5. The van der Waals surface area contributed by atoms with E-state index in [0.717, 1.165) is 28.2 Å². The van der Waals surface area contributed by atoms with E-state index >= 15 is 0 Å². The normalized spacial score (nSPS) is 11.2. The summed E-state index contributed by atoms with van der Waals surface area (Å²) in [4.78, 5) is 16.6. The van der Waals surface area contributed by atoms with Crippen molar-refractivity contribution in [1.29, 1.82) is 0 Å². The first-order valence-electron chi connectivity index (χ1n) is 8.33. The van der Waals surface area contributed by atoms with Crippen LogP contribution in [0.3, 0.4) is 0 Å². The van der Waals surface area contributed by atoms with Crippen molar-refractivity contribution in [3.63, 3.8) is 0 Å². The van der Waals surface area contributed by atoms with Crippen LogP contribution in [0.4, 0.5) is 10.8 Å². The minimum atomic E-state index is -3.77. The number of nitrogens with one attached hydrogen (secondary N) is 2. The molecule has 1 heterocycles. The van der Waals surface area contributed by atoms with Gasteiger partial charge < -0.3 is 5.32 Å². The molecular formula is C19H18ClN3O3S2. The van der Waals surface area contributed by atoms with Crippen LogP contribution in [-0.4, -0.2) is 19.3 Å². The Morgan fingerprint density at radius 3 is 2.57 bits per heavy atom. The standard InChI is InChI=1S/C19H18ClN3O3S2/c1-12-4-3-5-17(13(12)2)22-18(24)10-15-11-27-19(21-15)23-28(25,26)16-8-6-14(20)7-9-16/h3-9,11H,10H2,1-2H3,(H,21,23)(H,22,24). The summed E-state index contributed by atoms with van der Waals surface area (Å²) in [6.45, 7) is 3.92. The number of anilines is 2. The molecule has 28 heavy (non-hydrogen) atoms. The van der Waals surface area contributed by atoms with Gasteiger partial charge in [-0.25, -0.2) is 13.4 Å². The molecule has 3 aromatic rings. The maximum atomic E-state index is 12.4. The fourth-order valence-electron chi connectivity index (χ4n) is 2.47. The minimum absolute atomic E-state index is 0.0482. The molecule has 0 saturated carbocycles. The number of hydrogen-bond donors (Lipinski definition) is 2. The highest BCUT2D eigenvalue weighted by Gasteiger charge is 2.17. The first-order chi connectivity index (χ1) is 13.2. The number of sulfonamides is 1. The van der Waals surface area contributed by atoms with Crippen LogP contribution in [0.25, 0.3) is 0 Å². The van der Waals surface area contributed by atoms with Gasteiger partial charge in [-0.3, -0.25) is 9.52 Å². The van der Waals surface area contributed by atoms with Gasteiger partial charge in [0, 0.05) is 16.1 Å². The smallest absolute Gasteiger partial charge is 0.263 e. The zero-order valence-electron chi connectivity index (χ0n) is 15.2. The second kappa shape index (κ2) is 8.30. The summed E-state index contributed by atoms with van der Waals surface area (Å²) in [7, 11) is -3.77. The average molecular weight is 436 g/mol. The van der Waals surface area contributed by atoms with Crippen molar-refractivity contribution in [2.24, 2.45) is 0 Å². The second-order valence-corrected chi connectivity index (χ2v) is 9.15. The van der Waals surface area contributed by atoms with E-state index < -0.39 is 10.0 Å². The highest BCUT2D eigenvalue weighted by Crippen LogP contribution is 2.22. The summed E-state index contributed by atoms with van der Waals surface area (Å²) in [5.41, 5.74) is 3.33. The summed E-state index contributed by atoms with van der Waals surface area (Å²) in [5, 5.41) is 5.17. The van der Waals surface area contributed by atoms with E-state index in [2.05, 4.69) is 15.0 Å².